The van der Waals surface area contributed by atoms with Gasteiger partial charge in [0.25, 0.3) is 0 Å². The second-order valence-electron chi connectivity index (χ2n) is 4.45. The second-order valence-corrected chi connectivity index (χ2v) is 4.45. The molecule has 19 heavy (non-hydrogen) atoms. The number of carbonyl (C=O) groups is 2. The first-order valence-corrected chi connectivity index (χ1v) is 6.32. The molecule has 5 heteroatoms. The van der Waals surface area contributed by atoms with Crippen LogP contribution in [0.3, 0.4) is 0 Å². The van der Waals surface area contributed by atoms with Crippen molar-refractivity contribution in [2.45, 2.75) is 20.3 Å². The van der Waals surface area contributed by atoms with E-state index in [0.29, 0.717) is 13.0 Å². The van der Waals surface area contributed by atoms with Crippen LogP contribution in [0.4, 0.5) is 5.69 Å². The molecule has 0 saturated carbocycles. The van der Waals surface area contributed by atoms with Crippen LogP contribution in [0.5, 0.6) is 0 Å². The van der Waals surface area contributed by atoms with E-state index in [9.17, 15) is 9.59 Å². The molecule has 0 atom stereocenters. The number of benzene rings is 1. The number of aryl methyl sites for hydroxylation is 2. The SMILES string of the molecule is CNCCC(=O)NCC(=O)Nc1c(C)cccc1C. The van der Waals surface area contributed by atoms with E-state index in [0.717, 1.165) is 16.8 Å². The highest BCUT2D eigenvalue weighted by atomic mass is 16.2. The van der Waals surface area contributed by atoms with Gasteiger partial charge in [0.15, 0.2) is 0 Å². The van der Waals surface area contributed by atoms with Crippen LogP contribution in [-0.2, 0) is 9.59 Å². The summed E-state index contributed by atoms with van der Waals surface area (Å²) in [6, 6.07) is 5.82. The molecule has 3 N–H and O–H groups in total. The Hall–Kier alpha value is -1.88. The lowest BCUT2D eigenvalue weighted by Gasteiger charge is -2.11. The molecule has 104 valence electrons. The van der Waals surface area contributed by atoms with Crippen LogP contribution in [-0.4, -0.2) is 32.0 Å². The summed E-state index contributed by atoms with van der Waals surface area (Å²) < 4.78 is 0. The number of anilines is 1. The van der Waals surface area contributed by atoms with E-state index >= 15 is 0 Å². The van der Waals surface area contributed by atoms with E-state index in [4.69, 9.17) is 0 Å². The van der Waals surface area contributed by atoms with Gasteiger partial charge in [-0.25, -0.2) is 0 Å². The Labute approximate surface area is 113 Å². The maximum Gasteiger partial charge on any atom is 0.243 e. The van der Waals surface area contributed by atoms with Gasteiger partial charge in [-0.3, -0.25) is 9.59 Å². The molecule has 0 aliphatic rings. The molecule has 0 aromatic heterocycles. The number of nitrogens with one attached hydrogen (secondary N) is 3. The lowest BCUT2D eigenvalue weighted by Crippen LogP contribution is -2.34. The molecule has 0 spiro atoms. The first kappa shape index (κ1) is 15.2. The van der Waals surface area contributed by atoms with Crippen LogP contribution in [0.15, 0.2) is 18.2 Å². The lowest BCUT2D eigenvalue weighted by atomic mass is 10.1. The van der Waals surface area contributed by atoms with Gasteiger partial charge in [-0.05, 0) is 32.0 Å². The Balaban J connectivity index is 2.45. The maximum absolute atomic E-state index is 11.8. The average molecular weight is 263 g/mol. The molecule has 0 aliphatic heterocycles. The van der Waals surface area contributed by atoms with Crippen LogP contribution < -0.4 is 16.0 Å². The zero-order valence-corrected chi connectivity index (χ0v) is 11.7. The molecule has 0 radical (unpaired) electrons. The van der Waals surface area contributed by atoms with Gasteiger partial charge in [0.1, 0.15) is 0 Å². The molecule has 0 bridgehead atoms. The third kappa shape index (κ3) is 5.09. The number of rotatable bonds is 6. The second kappa shape index (κ2) is 7.53. The zero-order chi connectivity index (χ0) is 14.3. The molecule has 1 rings (SSSR count). The van der Waals surface area contributed by atoms with Crippen LogP contribution in [0, 0.1) is 13.8 Å². The molecule has 1 aromatic rings. The topological polar surface area (TPSA) is 70.2 Å². The van der Waals surface area contributed by atoms with E-state index < -0.39 is 0 Å². The molecular formula is C14H21N3O2. The van der Waals surface area contributed by atoms with Crippen molar-refractivity contribution in [2.24, 2.45) is 0 Å². The van der Waals surface area contributed by atoms with Crippen LogP contribution in [0.1, 0.15) is 17.5 Å². The summed E-state index contributed by atoms with van der Waals surface area (Å²) in [5.74, 6) is -0.346. The highest BCUT2D eigenvalue weighted by Crippen LogP contribution is 2.18. The summed E-state index contributed by atoms with van der Waals surface area (Å²) >= 11 is 0. The minimum Gasteiger partial charge on any atom is -0.347 e. The van der Waals surface area contributed by atoms with Gasteiger partial charge >= 0.3 is 0 Å². The summed E-state index contributed by atoms with van der Waals surface area (Å²) in [6.45, 7) is 4.48. The van der Waals surface area contributed by atoms with Gasteiger partial charge in [0.05, 0.1) is 6.54 Å². The first-order valence-electron chi connectivity index (χ1n) is 6.32. The number of carbonyl (C=O) groups excluding carboxylic acids is 2. The van der Waals surface area contributed by atoms with Crippen molar-refractivity contribution in [1.29, 1.82) is 0 Å². The van der Waals surface area contributed by atoms with Crippen LogP contribution in [0.25, 0.3) is 0 Å². The quantitative estimate of drug-likeness (QED) is 0.716. The minimum absolute atomic E-state index is 0.00365. The molecule has 1 aromatic carbocycles. The third-order valence-corrected chi connectivity index (χ3v) is 2.79. The lowest BCUT2D eigenvalue weighted by molar-refractivity contribution is -0.124. The molecule has 5 nitrogen and oxygen atoms in total. The fraction of sp³-hybridized carbons (Fsp3) is 0.429. The van der Waals surface area contributed by atoms with Gasteiger partial charge in [0.2, 0.25) is 11.8 Å². The summed E-state index contributed by atoms with van der Waals surface area (Å²) in [7, 11) is 1.78. The number of para-hydroxylation sites is 1. The summed E-state index contributed by atoms with van der Waals surface area (Å²) in [5, 5.41) is 8.29. The van der Waals surface area contributed by atoms with Gasteiger partial charge in [-0.1, -0.05) is 18.2 Å². The van der Waals surface area contributed by atoms with Crippen molar-refractivity contribution in [3.05, 3.63) is 29.3 Å². The van der Waals surface area contributed by atoms with Crippen molar-refractivity contribution >= 4 is 17.5 Å². The minimum atomic E-state index is -0.213. The van der Waals surface area contributed by atoms with E-state index in [-0.39, 0.29) is 18.4 Å². The Morgan fingerprint density at radius 1 is 1.11 bits per heavy atom. The van der Waals surface area contributed by atoms with Gasteiger partial charge in [-0.15, -0.1) is 0 Å². The normalized spacial score (nSPS) is 10.1. The predicted octanol–water partition coefficient (Wildman–Crippen LogP) is 0.968. The van der Waals surface area contributed by atoms with Crippen molar-refractivity contribution in [3.63, 3.8) is 0 Å². The monoisotopic (exact) mass is 263 g/mol. The van der Waals surface area contributed by atoms with Crippen LogP contribution in [0.2, 0.25) is 0 Å². The van der Waals surface area contributed by atoms with E-state index in [1.165, 1.54) is 0 Å². The number of amides is 2. The number of hydrogen-bond donors (Lipinski definition) is 3. The molecule has 0 aliphatic carbocycles. The van der Waals surface area contributed by atoms with Crippen molar-refractivity contribution in [1.82, 2.24) is 10.6 Å². The maximum atomic E-state index is 11.8. The fourth-order valence-electron chi connectivity index (χ4n) is 1.70. The standard InChI is InChI=1S/C14H21N3O2/c1-10-5-4-6-11(2)14(10)17-13(19)9-16-12(18)7-8-15-3/h4-6,15H,7-9H2,1-3H3,(H,16,18)(H,17,19). The average Bonchev–Trinajstić information content (AvgIpc) is 2.38. The molecule has 0 heterocycles. The molecular weight excluding hydrogens is 242 g/mol. The number of hydrogen-bond acceptors (Lipinski definition) is 3. The molecule has 0 fully saturated rings. The van der Waals surface area contributed by atoms with Crippen molar-refractivity contribution in [2.75, 3.05) is 25.5 Å². The summed E-state index contributed by atoms with van der Waals surface area (Å²) in [4.78, 5) is 23.1. The highest BCUT2D eigenvalue weighted by Gasteiger charge is 2.08. The van der Waals surface area contributed by atoms with E-state index in [2.05, 4.69) is 16.0 Å². The van der Waals surface area contributed by atoms with Gasteiger partial charge in [0, 0.05) is 18.7 Å². The van der Waals surface area contributed by atoms with Gasteiger partial charge < -0.3 is 16.0 Å². The summed E-state index contributed by atoms with van der Waals surface area (Å²) in [6.07, 6.45) is 0.368. The Kier molecular flexibility index (Phi) is 6.02. The summed E-state index contributed by atoms with van der Waals surface area (Å²) in [5.41, 5.74) is 2.83. The third-order valence-electron chi connectivity index (χ3n) is 2.79. The smallest absolute Gasteiger partial charge is 0.243 e. The van der Waals surface area contributed by atoms with Crippen LogP contribution >= 0.6 is 0 Å². The first-order chi connectivity index (χ1) is 9.04. The van der Waals surface area contributed by atoms with E-state index in [1.807, 2.05) is 32.0 Å². The highest BCUT2D eigenvalue weighted by molar-refractivity contribution is 5.95. The largest absolute Gasteiger partial charge is 0.347 e. The Morgan fingerprint density at radius 2 is 1.74 bits per heavy atom. The van der Waals surface area contributed by atoms with E-state index in [1.54, 1.807) is 7.05 Å². The van der Waals surface area contributed by atoms with Gasteiger partial charge in [-0.2, -0.15) is 0 Å². The van der Waals surface area contributed by atoms with Crippen molar-refractivity contribution < 1.29 is 9.59 Å². The molecule has 0 saturated heterocycles. The Morgan fingerprint density at radius 3 is 2.32 bits per heavy atom. The zero-order valence-electron chi connectivity index (χ0n) is 11.7. The molecule has 2 amide bonds. The fourth-order valence-corrected chi connectivity index (χ4v) is 1.70. The Bertz CT molecular complexity index is 438. The molecule has 0 unspecified atom stereocenters. The van der Waals surface area contributed by atoms with Crippen molar-refractivity contribution in [3.8, 4) is 0 Å². The predicted molar refractivity (Wildman–Crippen MR) is 76.1 cm³/mol.